The number of hydrogen-bond donors (Lipinski definition) is 2. The third-order valence-electron chi connectivity index (χ3n) is 2.64. The summed E-state index contributed by atoms with van der Waals surface area (Å²) in [6.45, 7) is 5.58. The number of rotatable bonds is 4. The van der Waals surface area contributed by atoms with Crippen LogP contribution in [0.2, 0.25) is 0 Å². The second-order valence-corrected chi connectivity index (χ2v) is 4.69. The Morgan fingerprint density at radius 2 is 2.05 bits per heavy atom. The van der Waals surface area contributed by atoms with Crippen LogP contribution in [-0.2, 0) is 0 Å². The topological polar surface area (TPSA) is 73.1 Å². The lowest BCUT2D eigenvalue weighted by atomic mass is 10.2. The average molecular weight is 276 g/mol. The molecule has 0 aliphatic rings. The van der Waals surface area contributed by atoms with Crippen LogP contribution in [0.4, 0.5) is 21.6 Å². The van der Waals surface area contributed by atoms with E-state index in [0.717, 1.165) is 11.3 Å². The molecule has 0 saturated heterocycles. The molecule has 20 heavy (non-hydrogen) atoms. The van der Waals surface area contributed by atoms with Crippen molar-refractivity contribution >= 4 is 17.2 Å². The minimum atomic E-state index is -0.285. The predicted octanol–water partition coefficient (Wildman–Crippen LogP) is 3.04. The van der Waals surface area contributed by atoms with Crippen LogP contribution in [0, 0.1) is 12.7 Å². The molecular weight excluding hydrogens is 259 g/mol. The van der Waals surface area contributed by atoms with E-state index in [-0.39, 0.29) is 11.9 Å². The molecule has 0 aliphatic heterocycles. The summed E-state index contributed by atoms with van der Waals surface area (Å²) in [6, 6.07) is 4.44. The average Bonchev–Trinajstić information content (AvgIpc) is 2.36. The third-order valence-corrected chi connectivity index (χ3v) is 2.64. The highest BCUT2D eigenvalue weighted by molar-refractivity contribution is 5.73. The van der Waals surface area contributed by atoms with Crippen LogP contribution >= 0.6 is 0 Å². The van der Waals surface area contributed by atoms with Crippen molar-refractivity contribution in [1.29, 1.82) is 0 Å². The van der Waals surface area contributed by atoms with Gasteiger partial charge < -0.3 is 15.8 Å². The zero-order valence-corrected chi connectivity index (χ0v) is 11.6. The summed E-state index contributed by atoms with van der Waals surface area (Å²) < 4.78 is 18.6. The van der Waals surface area contributed by atoms with E-state index in [0.29, 0.717) is 17.4 Å². The predicted molar refractivity (Wildman–Crippen MR) is 76.6 cm³/mol. The molecule has 5 nitrogen and oxygen atoms in total. The Kier molecular flexibility index (Phi) is 4.02. The Hall–Kier alpha value is -2.37. The number of aromatic nitrogens is 2. The molecule has 1 aromatic carbocycles. The number of benzene rings is 1. The summed E-state index contributed by atoms with van der Waals surface area (Å²) in [4.78, 5) is 8.08. The standard InChI is InChI=1S/C14H17FN4O/c1-8(2)20-14-12(16)13(17-7-18-14)19-11-5-4-10(15)6-9(11)3/h4-8H,16H2,1-3H3,(H,17,18,19). The van der Waals surface area contributed by atoms with Crippen molar-refractivity contribution in [1.82, 2.24) is 9.97 Å². The molecule has 0 saturated carbocycles. The number of nitrogens with two attached hydrogens (primary N) is 1. The van der Waals surface area contributed by atoms with Crippen molar-refractivity contribution in [3.05, 3.63) is 35.9 Å². The molecule has 0 bridgehead atoms. The van der Waals surface area contributed by atoms with Gasteiger partial charge in [-0.3, -0.25) is 0 Å². The fourth-order valence-electron chi connectivity index (χ4n) is 1.69. The van der Waals surface area contributed by atoms with Crippen LogP contribution in [0.3, 0.4) is 0 Å². The van der Waals surface area contributed by atoms with Crippen LogP contribution in [0.25, 0.3) is 0 Å². The van der Waals surface area contributed by atoms with Crippen LogP contribution in [-0.4, -0.2) is 16.1 Å². The highest BCUT2D eigenvalue weighted by Gasteiger charge is 2.11. The van der Waals surface area contributed by atoms with E-state index in [1.165, 1.54) is 18.5 Å². The maximum atomic E-state index is 13.1. The molecule has 106 valence electrons. The quantitative estimate of drug-likeness (QED) is 0.898. The highest BCUT2D eigenvalue weighted by atomic mass is 19.1. The Balaban J connectivity index is 2.29. The summed E-state index contributed by atoms with van der Waals surface area (Å²) in [5.74, 6) is 0.482. The van der Waals surface area contributed by atoms with Gasteiger partial charge in [-0.2, -0.15) is 4.98 Å². The van der Waals surface area contributed by atoms with E-state index in [9.17, 15) is 4.39 Å². The van der Waals surface area contributed by atoms with Crippen molar-refractivity contribution in [2.45, 2.75) is 26.9 Å². The molecule has 0 radical (unpaired) electrons. The smallest absolute Gasteiger partial charge is 0.242 e. The van der Waals surface area contributed by atoms with E-state index in [2.05, 4.69) is 15.3 Å². The first-order valence-electron chi connectivity index (χ1n) is 6.27. The molecule has 1 aromatic heterocycles. The molecule has 1 heterocycles. The maximum absolute atomic E-state index is 13.1. The van der Waals surface area contributed by atoms with Crippen molar-refractivity contribution in [3.8, 4) is 5.88 Å². The number of nitrogens with one attached hydrogen (secondary N) is 1. The lowest BCUT2D eigenvalue weighted by Gasteiger charge is -2.14. The van der Waals surface area contributed by atoms with E-state index < -0.39 is 0 Å². The van der Waals surface area contributed by atoms with Gasteiger partial charge in [0.25, 0.3) is 0 Å². The Labute approximate surface area is 117 Å². The lowest BCUT2D eigenvalue weighted by molar-refractivity contribution is 0.234. The first-order chi connectivity index (χ1) is 9.47. The number of aryl methyl sites for hydroxylation is 1. The van der Waals surface area contributed by atoms with E-state index in [4.69, 9.17) is 10.5 Å². The van der Waals surface area contributed by atoms with Gasteiger partial charge in [0.2, 0.25) is 5.88 Å². The molecule has 0 unspecified atom stereocenters. The minimum Gasteiger partial charge on any atom is -0.473 e. The number of nitrogen functional groups attached to an aromatic ring is 1. The number of hydrogen-bond acceptors (Lipinski definition) is 5. The van der Waals surface area contributed by atoms with Gasteiger partial charge in [-0.05, 0) is 44.5 Å². The second-order valence-electron chi connectivity index (χ2n) is 4.69. The van der Waals surface area contributed by atoms with Gasteiger partial charge in [0.05, 0.1) is 6.10 Å². The molecule has 3 N–H and O–H groups in total. The van der Waals surface area contributed by atoms with Gasteiger partial charge in [-0.15, -0.1) is 0 Å². The molecular formula is C14H17FN4O. The fourth-order valence-corrected chi connectivity index (χ4v) is 1.69. The minimum absolute atomic E-state index is 0.0346. The van der Waals surface area contributed by atoms with Crippen LogP contribution in [0.15, 0.2) is 24.5 Å². The van der Waals surface area contributed by atoms with Gasteiger partial charge in [0.1, 0.15) is 17.8 Å². The van der Waals surface area contributed by atoms with Gasteiger partial charge in [0.15, 0.2) is 5.82 Å². The van der Waals surface area contributed by atoms with E-state index >= 15 is 0 Å². The maximum Gasteiger partial charge on any atom is 0.242 e. The Morgan fingerprint density at radius 3 is 2.70 bits per heavy atom. The third kappa shape index (κ3) is 3.14. The van der Waals surface area contributed by atoms with Crippen molar-refractivity contribution in [2.24, 2.45) is 0 Å². The van der Waals surface area contributed by atoms with E-state index in [1.807, 2.05) is 13.8 Å². The number of ether oxygens (including phenoxy) is 1. The van der Waals surface area contributed by atoms with Crippen LogP contribution in [0.5, 0.6) is 5.88 Å². The van der Waals surface area contributed by atoms with Crippen LogP contribution < -0.4 is 15.8 Å². The molecule has 6 heteroatoms. The SMILES string of the molecule is Cc1cc(F)ccc1Nc1ncnc(OC(C)C)c1N. The van der Waals surface area contributed by atoms with Gasteiger partial charge in [-0.25, -0.2) is 9.37 Å². The van der Waals surface area contributed by atoms with Crippen LogP contribution in [0.1, 0.15) is 19.4 Å². The number of nitrogens with zero attached hydrogens (tertiary/aromatic N) is 2. The summed E-state index contributed by atoms with van der Waals surface area (Å²) >= 11 is 0. The molecule has 0 aliphatic carbocycles. The Bertz CT molecular complexity index is 616. The summed E-state index contributed by atoms with van der Waals surface area (Å²) in [6.07, 6.45) is 1.34. The van der Waals surface area contributed by atoms with Gasteiger partial charge >= 0.3 is 0 Å². The first kappa shape index (κ1) is 14.0. The monoisotopic (exact) mass is 276 g/mol. The number of anilines is 3. The summed E-state index contributed by atoms with van der Waals surface area (Å²) in [5.41, 5.74) is 7.78. The number of halogens is 1. The van der Waals surface area contributed by atoms with Gasteiger partial charge in [0, 0.05) is 5.69 Å². The second kappa shape index (κ2) is 5.73. The van der Waals surface area contributed by atoms with Crippen molar-refractivity contribution in [2.75, 3.05) is 11.1 Å². The molecule has 2 aromatic rings. The zero-order chi connectivity index (χ0) is 14.7. The lowest BCUT2D eigenvalue weighted by Crippen LogP contribution is -2.11. The highest BCUT2D eigenvalue weighted by Crippen LogP contribution is 2.29. The Morgan fingerprint density at radius 1 is 1.30 bits per heavy atom. The molecule has 0 spiro atoms. The molecule has 2 rings (SSSR count). The summed E-state index contributed by atoms with van der Waals surface area (Å²) in [7, 11) is 0. The fraction of sp³-hybridized carbons (Fsp3) is 0.286. The first-order valence-corrected chi connectivity index (χ1v) is 6.27. The largest absolute Gasteiger partial charge is 0.473 e. The normalized spacial score (nSPS) is 10.7. The van der Waals surface area contributed by atoms with Crippen molar-refractivity contribution in [3.63, 3.8) is 0 Å². The molecule has 0 fully saturated rings. The molecule has 0 amide bonds. The van der Waals surface area contributed by atoms with Crippen molar-refractivity contribution < 1.29 is 9.13 Å². The van der Waals surface area contributed by atoms with Gasteiger partial charge in [-0.1, -0.05) is 0 Å². The zero-order valence-electron chi connectivity index (χ0n) is 11.6. The molecule has 0 atom stereocenters. The summed E-state index contributed by atoms with van der Waals surface area (Å²) in [5, 5.41) is 3.06. The van der Waals surface area contributed by atoms with E-state index in [1.54, 1.807) is 13.0 Å².